The number of hydrogen-bond donors (Lipinski definition) is 2. The molecule has 0 radical (unpaired) electrons. The quantitative estimate of drug-likeness (QED) is 0.824. The van der Waals surface area contributed by atoms with Gasteiger partial charge in [0, 0.05) is 11.3 Å². The van der Waals surface area contributed by atoms with Crippen molar-refractivity contribution in [1.29, 1.82) is 0 Å². The van der Waals surface area contributed by atoms with E-state index in [1.807, 2.05) is 61.5 Å². The lowest BCUT2D eigenvalue weighted by atomic mass is 10.1. The average Bonchev–Trinajstić information content (AvgIpc) is 2.55. The van der Waals surface area contributed by atoms with Gasteiger partial charge in [0.15, 0.2) is 0 Å². The second-order valence-electron chi connectivity index (χ2n) is 5.14. The van der Waals surface area contributed by atoms with Crippen molar-refractivity contribution in [2.45, 2.75) is 32.4 Å². The van der Waals surface area contributed by atoms with Gasteiger partial charge in [-0.15, -0.1) is 0 Å². The van der Waals surface area contributed by atoms with Crippen LogP contribution in [0.2, 0.25) is 0 Å². The highest BCUT2D eigenvalue weighted by Gasteiger charge is 2.14. The van der Waals surface area contributed by atoms with E-state index in [-0.39, 0.29) is 5.91 Å². The maximum Gasteiger partial charge on any atom is 0.241 e. The maximum atomic E-state index is 12.1. The molecule has 2 aromatic carbocycles. The van der Waals surface area contributed by atoms with Crippen molar-refractivity contribution < 1.29 is 9.53 Å². The molecular weight excluding hydrogens is 276 g/mol. The van der Waals surface area contributed by atoms with Crippen LogP contribution >= 0.6 is 0 Å². The highest BCUT2D eigenvalue weighted by molar-refractivity contribution is 5.95. The zero-order chi connectivity index (χ0) is 15.8. The predicted octanol–water partition coefficient (Wildman–Crippen LogP) is 3.33. The van der Waals surface area contributed by atoms with Crippen molar-refractivity contribution in [2.24, 2.45) is 5.73 Å². The van der Waals surface area contributed by atoms with E-state index in [2.05, 4.69) is 5.32 Å². The Morgan fingerprint density at radius 3 is 2.55 bits per heavy atom. The summed E-state index contributed by atoms with van der Waals surface area (Å²) < 4.78 is 5.74. The van der Waals surface area contributed by atoms with Crippen molar-refractivity contribution in [1.82, 2.24) is 0 Å². The molecule has 0 saturated heterocycles. The van der Waals surface area contributed by atoms with Crippen LogP contribution < -0.4 is 15.8 Å². The van der Waals surface area contributed by atoms with E-state index in [9.17, 15) is 4.79 Å². The molecule has 0 aliphatic heterocycles. The molecule has 116 valence electrons. The molecule has 0 fully saturated rings. The Hall–Kier alpha value is -2.33. The standard InChI is InChI=1S/C18H22N2O2/c1-2-8-16(19)18(21)20-17-12-7-6-9-14(17)13-22-15-10-4-3-5-11-15/h3-7,9-12,16H,2,8,13,19H2,1H3,(H,20,21). The number of carbonyl (C=O) groups excluding carboxylic acids is 1. The summed E-state index contributed by atoms with van der Waals surface area (Å²) in [4.78, 5) is 12.1. The number of rotatable bonds is 7. The van der Waals surface area contributed by atoms with Crippen LogP contribution in [-0.2, 0) is 11.4 Å². The molecule has 0 aromatic heterocycles. The Labute approximate surface area is 131 Å². The Morgan fingerprint density at radius 1 is 1.14 bits per heavy atom. The van der Waals surface area contributed by atoms with E-state index in [0.717, 1.165) is 23.4 Å². The van der Waals surface area contributed by atoms with Crippen molar-refractivity contribution >= 4 is 11.6 Å². The van der Waals surface area contributed by atoms with Crippen LogP contribution in [-0.4, -0.2) is 11.9 Å². The van der Waals surface area contributed by atoms with E-state index in [4.69, 9.17) is 10.5 Å². The van der Waals surface area contributed by atoms with Crippen LogP contribution in [0, 0.1) is 0 Å². The van der Waals surface area contributed by atoms with Gasteiger partial charge in [-0.25, -0.2) is 0 Å². The van der Waals surface area contributed by atoms with E-state index < -0.39 is 6.04 Å². The molecule has 0 spiro atoms. The number of amides is 1. The Kier molecular flexibility index (Phi) is 5.98. The van der Waals surface area contributed by atoms with Crippen molar-refractivity contribution in [2.75, 3.05) is 5.32 Å². The Morgan fingerprint density at radius 2 is 1.82 bits per heavy atom. The van der Waals surface area contributed by atoms with Gasteiger partial charge < -0.3 is 15.8 Å². The molecule has 4 nitrogen and oxygen atoms in total. The molecule has 1 amide bonds. The van der Waals surface area contributed by atoms with Gasteiger partial charge in [-0.05, 0) is 24.6 Å². The normalized spacial score (nSPS) is 11.7. The molecule has 4 heteroatoms. The van der Waals surface area contributed by atoms with E-state index in [1.54, 1.807) is 0 Å². The van der Waals surface area contributed by atoms with Gasteiger partial charge in [0.1, 0.15) is 12.4 Å². The third-order valence-electron chi connectivity index (χ3n) is 3.35. The van der Waals surface area contributed by atoms with Crippen molar-refractivity contribution in [3.8, 4) is 5.75 Å². The number of nitrogens with one attached hydrogen (secondary N) is 1. The lowest BCUT2D eigenvalue weighted by molar-refractivity contribution is -0.117. The van der Waals surface area contributed by atoms with Gasteiger partial charge in [0.25, 0.3) is 0 Å². The fourth-order valence-electron chi connectivity index (χ4n) is 2.11. The summed E-state index contributed by atoms with van der Waals surface area (Å²) >= 11 is 0. The number of nitrogens with two attached hydrogens (primary N) is 1. The first-order valence-electron chi connectivity index (χ1n) is 7.53. The summed E-state index contributed by atoms with van der Waals surface area (Å²) in [6, 6.07) is 16.7. The summed E-state index contributed by atoms with van der Waals surface area (Å²) in [6.07, 6.45) is 1.56. The topological polar surface area (TPSA) is 64.4 Å². The first kappa shape index (κ1) is 16.0. The number of hydrogen-bond acceptors (Lipinski definition) is 3. The smallest absolute Gasteiger partial charge is 0.241 e. The molecule has 0 saturated carbocycles. The monoisotopic (exact) mass is 298 g/mol. The zero-order valence-electron chi connectivity index (χ0n) is 12.8. The second kappa shape index (κ2) is 8.20. The maximum absolute atomic E-state index is 12.1. The molecule has 2 aromatic rings. The minimum atomic E-state index is -0.479. The van der Waals surface area contributed by atoms with Crippen LogP contribution in [0.3, 0.4) is 0 Å². The third-order valence-corrected chi connectivity index (χ3v) is 3.35. The summed E-state index contributed by atoms with van der Waals surface area (Å²) in [7, 11) is 0. The van der Waals surface area contributed by atoms with Crippen LogP contribution in [0.25, 0.3) is 0 Å². The van der Waals surface area contributed by atoms with Crippen molar-refractivity contribution in [3.05, 3.63) is 60.2 Å². The minimum Gasteiger partial charge on any atom is -0.489 e. The lowest BCUT2D eigenvalue weighted by Gasteiger charge is -2.15. The van der Waals surface area contributed by atoms with E-state index in [1.165, 1.54) is 0 Å². The number of ether oxygens (including phenoxy) is 1. The lowest BCUT2D eigenvalue weighted by Crippen LogP contribution is -2.35. The van der Waals surface area contributed by atoms with Crippen LogP contribution in [0.1, 0.15) is 25.3 Å². The Bertz CT molecular complexity index is 599. The molecule has 0 aliphatic carbocycles. The molecule has 2 rings (SSSR count). The summed E-state index contributed by atoms with van der Waals surface area (Å²) in [5.74, 6) is 0.639. The van der Waals surface area contributed by atoms with Crippen LogP contribution in [0.15, 0.2) is 54.6 Å². The number of para-hydroxylation sites is 2. The number of anilines is 1. The summed E-state index contributed by atoms with van der Waals surface area (Å²) in [5, 5.41) is 2.89. The first-order valence-corrected chi connectivity index (χ1v) is 7.53. The van der Waals surface area contributed by atoms with Crippen LogP contribution in [0.4, 0.5) is 5.69 Å². The average molecular weight is 298 g/mol. The molecule has 0 heterocycles. The SMILES string of the molecule is CCCC(N)C(=O)Nc1ccccc1COc1ccccc1. The summed E-state index contributed by atoms with van der Waals surface area (Å²) in [5.41, 5.74) is 7.51. The van der Waals surface area contributed by atoms with Gasteiger partial charge in [-0.1, -0.05) is 49.7 Å². The molecule has 0 bridgehead atoms. The molecule has 1 unspecified atom stereocenters. The predicted molar refractivity (Wildman–Crippen MR) is 88.7 cm³/mol. The highest BCUT2D eigenvalue weighted by Crippen LogP contribution is 2.18. The third kappa shape index (κ3) is 4.60. The van der Waals surface area contributed by atoms with Crippen LogP contribution in [0.5, 0.6) is 5.75 Å². The molecular formula is C18H22N2O2. The second-order valence-corrected chi connectivity index (χ2v) is 5.14. The van der Waals surface area contributed by atoms with Gasteiger partial charge in [0.2, 0.25) is 5.91 Å². The molecule has 0 aliphatic rings. The largest absolute Gasteiger partial charge is 0.489 e. The number of carbonyl (C=O) groups is 1. The van der Waals surface area contributed by atoms with E-state index >= 15 is 0 Å². The summed E-state index contributed by atoms with van der Waals surface area (Å²) in [6.45, 7) is 2.40. The van der Waals surface area contributed by atoms with E-state index in [0.29, 0.717) is 13.0 Å². The fraction of sp³-hybridized carbons (Fsp3) is 0.278. The van der Waals surface area contributed by atoms with Gasteiger partial charge >= 0.3 is 0 Å². The van der Waals surface area contributed by atoms with Gasteiger partial charge in [-0.2, -0.15) is 0 Å². The highest BCUT2D eigenvalue weighted by atomic mass is 16.5. The molecule has 1 atom stereocenters. The van der Waals surface area contributed by atoms with Crippen molar-refractivity contribution in [3.63, 3.8) is 0 Å². The minimum absolute atomic E-state index is 0.158. The van der Waals surface area contributed by atoms with Gasteiger partial charge in [0.05, 0.1) is 6.04 Å². The fourth-order valence-corrected chi connectivity index (χ4v) is 2.11. The first-order chi connectivity index (χ1) is 10.7. The number of benzene rings is 2. The molecule has 3 N–H and O–H groups in total. The zero-order valence-corrected chi connectivity index (χ0v) is 12.8. The molecule has 22 heavy (non-hydrogen) atoms. The van der Waals surface area contributed by atoms with Gasteiger partial charge in [-0.3, -0.25) is 4.79 Å². The Balaban J connectivity index is 2.02.